The van der Waals surface area contributed by atoms with E-state index in [1.165, 1.54) is 32.9 Å². The average Bonchev–Trinajstić information content (AvgIpc) is 3.62. The predicted octanol–water partition coefficient (Wildman–Crippen LogP) is 11.9. The van der Waals surface area contributed by atoms with Crippen molar-refractivity contribution < 1.29 is 0 Å². The highest BCUT2D eigenvalue weighted by Gasteiger charge is 2.21. The molecule has 6 aromatic carbocycles. The van der Waals surface area contributed by atoms with Gasteiger partial charge in [-0.15, -0.1) is 0 Å². The molecule has 0 N–H and O–H groups in total. The summed E-state index contributed by atoms with van der Waals surface area (Å²) in [6, 6.07) is 47.6. The lowest BCUT2D eigenvalue weighted by Gasteiger charge is -2.19. The number of para-hydroxylation sites is 1. The molecular formula is C46H38N4. The first-order chi connectivity index (χ1) is 23.9. The molecule has 8 rings (SSSR count). The molecule has 0 spiro atoms. The molecule has 0 aliphatic carbocycles. The number of benzene rings is 6. The van der Waals surface area contributed by atoms with Crippen molar-refractivity contribution in [2.45, 2.75) is 52.4 Å². The Balaban J connectivity index is 1.39. The number of nitrogens with zero attached hydrogens (tertiary/aromatic N) is 4. The van der Waals surface area contributed by atoms with E-state index < -0.39 is 0 Å². The summed E-state index contributed by atoms with van der Waals surface area (Å²) in [5.41, 5.74) is 12.2. The summed E-state index contributed by atoms with van der Waals surface area (Å²) in [6.07, 6.45) is 0. The van der Waals surface area contributed by atoms with Crippen LogP contribution in [-0.2, 0) is 10.8 Å². The highest BCUT2D eigenvalue weighted by Crippen LogP contribution is 2.40. The van der Waals surface area contributed by atoms with E-state index in [0.29, 0.717) is 11.1 Å². The molecule has 50 heavy (non-hydrogen) atoms. The van der Waals surface area contributed by atoms with Crippen molar-refractivity contribution in [1.29, 1.82) is 10.5 Å². The lowest BCUT2D eigenvalue weighted by atomic mass is 9.86. The Morgan fingerprint density at radius 1 is 0.420 bits per heavy atom. The van der Waals surface area contributed by atoms with Crippen LogP contribution >= 0.6 is 0 Å². The summed E-state index contributed by atoms with van der Waals surface area (Å²) in [4.78, 5) is 0. The van der Waals surface area contributed by atoms with E-state index in [2.05, 4.69) is 166 Å². The fourth-order valence-corrected chi connectivity index (χ4v) is 7.34. The van der Waals surface area contributed by atoms with Crippen LogP contribution in [0, 0.1) is 22.7 Å². The number of hydrogen-bond donors (Lipinski definition) is 0. The third kappa shape index (κ3) is 5.04. The van der Waals surface area contributed by atoms with Crippen LogP contribution in [0.2, 0.25) is 0 Å². The first-order valence-corrected chi connectivity index (χ1v) is 17.1. The quantitative estimate of drug-likeness (QED) is 0.192. The molecule has 0 saturated carbocycles. The zero-order chi connectivity index (χ0) is 34.9. The van der Waals surface area contributed by atoms with Gasteiger partial charge in [-0.1, -0.05) is 90.1 Å². The standard InChI is InChI=1S/C46H38N4/c1-45(2,3)33-14-18-42-39(25-33)37-16-12-32(24-44(37)49(42)35-10-8-7-9-11-35)31-13-17-41-38(23-31)40-26-34(46(4,5)6)15-19-43(40)50(41)36-21-29(27-47)20-30(22-36)28-48/h7-26H,1-6H3. The van der Waals surface area contributed by atoms with Crippen LogP contribution in [0.1, 0.15) is 63.8 Å². The zero-order valence-corrected chi connectivity index (χ0v) is 29.3. The Labute approximate surface area is 293 Å². The lowest BCUT2D eigenvalue weighted by molar-refractivity contribution is 0.591. The van der Waals surface area contributed by atoms with Crippen LogP contribution in [0.5, 0.6) is 0 Å². The van der Waals surface area contributed by atoms with E-state index in [1.54, 1.807) is 6.07 Å². The van der Waals surface area contributed by atoms with E-state index in [4.69, 9.17) is 0 Å². The summed E-state index contributed by atoms with van der Waals surface area (Å²) in [7, 11) is 0. The van der Waals surface area contributed by atoms with Crippen molar-refractivity contribution in [2.75, 3.05) is 0 Å². The van der Waals surface area contributed by atoms with Gasteiger partial charge < -0.3 is 9.13 Å². The second-order valence-electron chi connectivity index (χ2n) is 15.4. The highest BCUT2D eigenvalue weighted by molar-refractivity contribution is 6.12. The van der Waals surface area contributed by atoms with Crippen molar-refractivity contribution in [3.05, 3.63) is 144 Å². The first kappa shape index (κ1) is 31.2. The van der Waals surface area contributed by atoms with Gasteiger partial charge in [0.25, 0.3) is 0 Å². The van der Waals surface area contributed by atoms with Crippen LogP contribution in [0.15, 0.2) is 121 Å². The minimum absolute atomic E-state index is 0.0301. The van der Waals surface area contributed by atoms with E-state index in [1.807, 2.05) is 12.1 Å². The summed E-state index contributed by atoms with van der Waals surface area (Å²) in [6.45, 7) is 13.5. The number of rotatable bonds is 3. The number of hydrogen-bond acceptors (Lipinski definition) is 2. The molecule has 2 aromatic heterocycles. The van der Waals surface area contributed by atoms with Crippen LogP contribution < -0.4 is 0 Å². The Hall–Kier alpha value is -6.10. The zero-order valence-electron chi connectivity index (χ0n) is 29.3. The molecule has 0 atom stereocenters. The molecule has 242 valence electrons. The lowest BCUT2D eigenvalue weighted by Crippen LogP contribution is -2.10. The summed E-state index contributed by atoms with van der Waals surface area (Å²) >= 11 is 0. The number of fused-ring (bicyclic) bond motifs is 6. The van der Waals surface area contributed by atoms with E-state index in [9.17, 15) is 10.5 Å². The largest absolute Gasteiger partial charge is 0.309 e. The molecule has 0 bridgehead atoms. The SMILES string of the molecule is CC(C)(C)c1ccc2c(c1)c1cc(-c3ccc4c5cc(C(C)(C)C)ccc5n(-c5ccccc5)c4c3)ccc1n2-c1cc(C#N)cc(C#N)c1. The Morgan fingerprint density at radius 2 is 0.900 bits per heavy atom. The maximum atomic E-state index is 9.79. The van der Waals surface area contributed by atoms with Gasteiger partial charge in [-0.25, -0.2) is 0 Å². The smallest absolute Gasteiger partial charge is 0.0992 e. The van der Waals surface area contributed by atoms with Gasteiger partial charge in [-0.2, -0.15) is 10.5 Å². The molecule has 0 amide bonds. The molecule has 0 unspecified atom stereocenters. The summed E-state index contributed by atoms with van der Waals surface area (Å²) in [5.74, 6) is 0. The molecule has 8 aromatic rings. The fraction of sp³-hybridized carbons (Fsp3) is 0.174. The average molecular weight is 647 g/mol. The minimum atomic E-state index is -0.0301. The van der Waals surface area contributed by atoms with Crippen LogP contribution in [0.3, 0.4) is 0 Å². The van der Waals surface area contributed by atoms with Crippen molar-refractivity contribution in [2.24, 2.45) is 0 Å². The Bertz CT molecular complexity index is 2700. The fourth-order valence-electron chi connectivity index (χ4n) is 7.34. The Kier molecular flexibility index (Phi) is 7.00. The number of nitriles is 2. The normalized spacial score (nSPS) is 12.2. The monoisotopic (exact) mass is 646 g/mol. The van der Waals surface area contributed by atoms with E-state index in [-0.39, 0.29) is 10.8 Å². The second-order valence-corrected chi connectivity index (χ2v) is 15.4. The van der Waals surface area contributed by atoms with Crippen LogP contribution in [0.4, 0.5) is 0 Å². The second kappa shape index (κ2) is 11.2. The van der Waals surface area contributed by atoms with Gasteiger partial charge >= 0.3 is 0 Å². The molecule has 0 saturated heterocycles. The Morgan fingerprint density at radius 3 is 1.46 bits per heavy atom. The topological polar surface area (TPSA) is 57.4 Å². The summed E-state index contributed by atoms with van der Waals surface area (Å²) in [5, 5.41) is 24.3. The van der Waals surface area contributed by atoms with Gasteiger partial charge in [0.05, 0.1) is 45.3 Å². The van der Waals surface area contributed by atoms with Crippen LogP contribution in [-0.4, -0.2) is 9.13 Å². The van der Waals surface area contributed by atoms with Gasteiger partial charge in [0.1, 0.15) is 0 Å². The van der Waals surface area contributed by atoms with Crippen LogP contribution in [0.25, 0.3) is 66.1 Å². The van der Waals surface area contributed by atoms with Crippen molar-refractivity contribution >= 4 is 43.6 Å². The van der Waals surface area contributed by atoms with E-state index >= 15 is 0 Å². The first-order valence-electron chi connectivity index (χ1n) is 17.1. The van der Waals surface area contributed by atoms with Crippen molar-refractivity contribution in [1.82, 2.24) is 9.13 Å². The van der Waals surface area contributed by atoms with Crippen molar-refractivity contribution in [3.63, 3.8) is 0 Å². The molecule has 0 radical (unpaired) electrons. The van der Waals surface area contributed by atoms with Gasteiger partial charge in [-0.05, 0) is 106 Å². The minimum Gasteiger partial charge on any atom is -0.309 e. The van der Waals surface area contributed by atoms with Crippen molar-refractivity contribution in [3.8, 4) is 34.6 Å². The summed E-state index contributed by atoms with van der Waals surface area (Å²) < 4.78 is 4.57. The molecule has 4 heteroatoms. The van der Waals surface area contributed by atoms with Gasteiger partial charge in [0.15, 0.2) is 0 Å². The molecule has 0 fully saturated rings. The predicted molar refractivity (Wildman–Crippen MR) is 207 cm³/mol. The third-order valence-electron chi connectivity index (χ3n) is 10.0. The number of aromatic nitrogens is 2. The third-order valence-corrected chi connectivity index (χ3v) is 10.0. The molecule has 0 aliphatic rings. The maximum Gasteiger partial charge on any atom is 0.0992 e. The maximum absolute atomic E-state index is 9.79. The highest BCUT2D eigenvalue weighted by atomic mass is 15.0. The van der Waals surface area contributed by atoms with Gasteiger partial charge in [0, 0.05) is 32.9 Å². The molecule has 2 heterocycles. The van der Waals surface area contributed by atoms with E-state index in [0.717, 1.165) is 44.3 Å². The molecule has 4 nitrogen and oxygen atoms in total. The van der Waals surface area contributed by atoms with Gasteiger partial charge in [-0.3, -0.25) is 0 Å². The molecular weight excluding hydrogens is 609 g/mol. The molecule has 0 aliphatic heterocycles. The van der Waals surface area contributed by atoms with Gasteiger partial charge in [0.2, 0.25) is 0 Å².